The van der Waals surface area contributed by atoms with E-state index < -0.39 is 5.91 Å². The molecule has 1 amide bonds. The number of carbonyl (C=O) groups excluding carboxylic acids is 1. The first-order chi connectivity index (χ1) is 10.2. The first kappa shape index (κ1) is 14.6. The highest BCUT2D eigenvalue weighted by molar-refractivity contribution is 7.18. The van der Waals surface area contributed by atoms with Crippen LogP contribution in [0.5, 0.6) is 5.75 Å². The molecular weight excluding hydrogens is 292 g/mol. The second-order valence-electron chi connectivity index (χ2n) is 5.19. The molecule has 0 aliphatic carbocycles. The van der Waals surface area contributed by atoms with Crippen LogP contribution in [-0.4, -0.2) is 51.5 Å². The molecule has 6 nitrogen and oxygen atoms in total. The molecular formula is C14H20N2O4S. The molecule has 1 aromatic rings. The second kappa shape index (κ2) is 6.64. The Labute approximate surface area is 127 Å². The molecule has 21 heavy (non-hydrogen) atoms. The molecule has 1 atom stereocenters. The van der Waals surface area contributed by atoms with Crippen molar-refractivity contribution in [2.24, 2.45) is 5.73 Å². The summed E-state index contributed by atoms with van der Waals surface area (Å²) < 4.78 is 16.7. The molecule has 0 aromatic carbocycles. The fourth-order valence-electron chi connectivity index (χ4n) is 2.54. The topological polar surface area (TPSA) is 74.0 Å². The normalized spacial score (nSPS) is 22.5. The number of carbonyl (C=O) groups is 1. The van der Waals surface area contributed by atoms with Crippen molar-refractivity contribution in [1.29, 1.82) is 0 Å². The van der Waals surface area contributed by atoms with Gasteiger partial charge in [0.1, 0.15) is 17.2 Å². The van der Waals surface area contributed by atoms with Crippen molar-refractivity contribution in [2.45, 2.75) is 18.9 Å². The van der Waals surface area contributed by atoms with E-state index in [4.69, 9.17) is 19.9 Å². The molecule has 1 aromatic heterocycles. The van der Waals surface area contributed by atoms with Gasteiger partial charge in [0.25, 0.3) is 5.91 Å². The van der Waals surface area contributed by atoms with E-state index in [0.717, 1.165) is 37.5 Å². The number of rotatable bonds is 5. The Morgan fingerprint density at radius 3 is 2.90 bits per heavy atom. The molecule has 0 saturated carbocycles. The molecule has 116 valence electrons. The summed E-state index contributed by atoms with van der Waals surface area (Å²) in [7, 11) is 0. The predicted molar refractivity (Wildman–Crippen MR) is 80.3 cm³/mol. The largest absolute Gasteiger partial charge is 0.489 e. The molecule has 0 radical (unpaired) electrons. The van der Waals surface area contributed by atoms with Gasteiger partial charge in [-0.2, -0.15) is 0 Å². The Morgan fingerprint density at radius 2 is 2.24 bits per heavy atom. The number of nitrogens with zero attached hydrogens (tertiary/aromatic N) is 1. The maximum absolute atomic E-state index is 11.6. The monoisotopic (exact) mass is 312 g/mol. The summed E-state index contributed by atoms with van der Waals surface area (Å²) in [5.41, 5.74) is 5.46. The third-order valence-corrected chi connectivity index (χ3v) is 4.87. The Kier molecular flexibility index (Phi) is 4.62. The van der Waals surface area contributed by atoms with E-state index in [2.05, 4.69) is 4.90 Å². The van der Waals surface area contributed by atoms with Gasteiger partial charge >= 0.3 is 0 Å². The van der Waals surface area contributed by atoms with Crippen LogP contribution in [0.2, 0.25) is 0 Å². The van der Waals surface area contributed by atoms with Gasteiger partial charge in [-0.25, -0.2) is 0 Å². The van der Waals surface area contributed by atoms with Crippen LogP contribution in [0.1, 0.15) is 22.5 Å². The highest BCUT2D eigenvalue weighted by Gasteiger charge is 2.22. The van der Waals surface area contributed by atoms with Crippen molar-refractivity contribution < 1.29 is 19.0 Å². The Morgan fingerprint density at radius 1 is 1.43 bits per heavy atom. The molecule has 2 saturated heterocycles. The number of morpholine rings is 1. The quantitative estimate of drug-likeness (QED) is 0.885. The number of ether oxygens (including phenoxy) is 3. The van der Waals surface area contributed by atoms with Gasteiger partial charge in [0.15, 0.2) is 0 Å². The first-order valence-electron chi connectivity index (χ1n) is 7.25. The van der Waals surface area contributed by atoms with E-state index in [1.54, 1.807) is 0 Å². The highest BCUT2D eigenvalue weighted by atomic mass is 32.1. The van der Waals surface area contributed by atoms with Gasteiger partial charge in [-0.1, -0.05) is 0 Å². The predicted octanol–water partition coefficient (Wildman–Crippen LogP) is 1.24. The molecule has 3 rings (SSSR count). The van der Waals surface area contributed by atoms with Crippen molar-refractivity contribution in [2.75, 3.05) is 44.4 Å². The molecule has 2 aliphatic heterocycles. The molecule has 0 bridgehead atoms. The smallest absolute Gasteiger partial charge is 0.262 e. The van der Waals surface area contributed by atoms with Gasteiger partial charge < -0.3 is 24.8 Å². The number of nitrogens with two attached hydrogens (primary N) is 1. The first-order valence-corrected chi connectivity index (χ1v) is 8.06. The number of anilines is 1. The van der Waals surface area contributed by atoms with Crippen molar-refractivity contribution in [3.8, 4) is 5.75 Å². The fraction of sp³-hybridized carbons (Fsp3) is 0.643. The minimum atomic E-state index is -0.443. The number of hydrogen-bond acceptors (Lipinski definition) is 6. The molecule has 1 unspecified atom stereocenters. The van der Waals surface area contributed by atoms with E-state index in [9.17, 15) is 4.79 Å². The zero-order chi connectivity index (χ0) is 14.7. The minimum absolute atomic E-state index is 0.123. The second-order valence-corrected chi connectivity index (χ2v) is 6.22. The zero-order valence-corrected chi connectivity index (χ0v) is 12.7. The van der Waals surface area contributed by atoms with Gasteiger partial charge in [0.2, 0.25) is 0 Å². The summed E-state index contributed by atoms with van der Waals surface area (Å²) in [4.78, 5) is 14.3. The molecule has 2 fully saturated rings. The Balaban J connectivity index is 1.70. The van der Waals surface area contributed by atoms with Gasteiger partial charge in [-0.15, -0.1) is 11.3 Å². The van der Waals surface area contributed by atoms with E-state index in [0.29, 0.717) is 30.4 Å². The van der Waals surface area contributed by atoms with E-state index >= 15 is 0 Å². The maximum Gasteiger partial charge on any atom is 0.262 e. The van der Waals surface area contributed by atoms with E-state index in [-0.39, 0.29) is 6.10 Å². The summed E-state index contributed by atoms with van der Waals surface area (Å²) in [6, 6.07) is 1.91. The summed E-state index contributed by atoms with van der Waals surface area (Å²) in [5, 5.41) is 1.01. The Hall–Kier alpha value is -1.31. The van der Waals surface area contributed by atoms with Crippen molar-refractivity contribution >= 4 is 22.2 Å². The van der Waals surface area contributed by atoms with Crippen LogP contribution in [-0.2, 0) is 9.47 Å². The van der Waals surface area contributed by atoms with Crippen LogP contribution >= 0.6 is 11.3 Å². The molecule has 0 spiro atoms. The average molecular weight is 312 g/mol. The van der Waals surface area contributed by atoms with Gasteiger partial charge in [-0.3, -0.25) is 4.79 Å². The van der Waals surface area contributed by atoms with Gasteiger partial charge in [-0.05, 0) is 12.8 Å². The third kappa shape index (κ3) is 3.48. The van der Waals surface area contributed by atoms with Crippen LogP contribution in [0.25, 0.3) is 0 Å². The molecule has 2 aliphatic rings. The number of thiophene rings is 1. The van der Waals surface area contributed by atoms with E-state index in [1.165, 1.54) is 11.3 Å². The van der Waals surface area contributed by atoms with Crippen molar-refractivity contribution in [1.82, 2.24) is 0 Å². The van der Waals surface area contributed by atoms with Gasteiger partial charge in [0.05, 0.1) is 24.3 Å². The number of hydrogen-bond donors (Lipinski definition) is 1. The lowest BCUT2D eigenvalue weighted by atomic mass is 10.2. The van der Waals surface area contributed by atoms with Crippen molar-refractivity contribution in [3.63, 3.8) is 0 Å². The standard InChI is InChI=1S/C14H20N2O4S/c15-14(17)13-11(20-9-10-2-1-5-19-10)8-12(21-13)16-3-6-18-7-4-16/h8,10H,1-7,9H2,(H2,15,17). The van der Waals surface area contributed by atoms with Crippen LogP contribution < -0.4 is 15.4 Å². The maximum atomic E-state index is 11.6. The SMILES string of the molecule is NC(=O)c1sc(N2CCOCC2)cc1OCC1CCCO1. The van der Waals surface area contributed by atoms with Gasteiger partial charge in [0, 0.05) is 25.8 Å². The Bertz CT molecular complexity index is 493. The average Bonchev–Trinajstić information content (AvgIpc) is 3.15. The number of amides is 1. The lowest BCUT2D eigenvalue weighted by Gasteiger charge is -2.27. The van der Waals surface area contributed by atoms with Crippen molar-refractivity contribution in [3.05, 3.63) is 10.9 Å². The summed E-state index contributed by atoms with van der Waals surface area (Å²) >= 11 is 1.39. The van der Waals surface area contributed by atoms with Crippen LogP contribution in [0.4, 0.5) is 5.00 Å². The van der Waals surface area contributed by atoms with E-state index in [1.807, 2.05) is 6.07 Å². The third-order valence-electron chi connectivity index (χ3n) is 3.68. The summed E-state index contributed by atoms with van der Waals surface area (Å²) in [6.45, 7) is 4.32. The summed E-state index contributed by atoms with van der Waals surface area (Å²) in [6.07, 6.45) is 2.20. The highest BCUT2D eigenvalue weighted by Crippen LogP contribution is 2.36. The molecule has 7 heteroatoms. The lowest BCUT2D eigenvalue weighted by Crippen LogP contribution is -2.35. The van der Waals surface area contributed by atoms with Crippen LogP contribution in [0, 0.1) is 0 Å². The lowest BCUT2D eigenvalue weighted by molar-refractivity contribution is 0.0674. The fourth-order valence-corrected chi connectivity index (χ4v) is 3.54. The minimum Gasteiger partial charge on any atom is -0.489 e. The molecule has 2 N–H and O–H groups in total. The molecule has 3 heterocycles. The zero-order valence-electron chi connectivity index (χ0n) is 11.9. The van der Waals surface area contributed by atoms with Crippen LogP contribution in [0.3, 0.4) is 0 Å². The van der Waals surface area contributed by atoms with Crippen LogP contribution in [0.15, 0.2) is 6.07 Å². The number of primary amides is 1. The summed E-state index contributed by atoms with van der Waals surface area (Å²) in [5.74, 6) is 0.131.